The average Bonchev–Trinajstić information content (AvgIpc) is 2.61. The van der Waals surface area contributed by atoms with E-state index in [0.717, 1.165) is 19.5 Å². The molecule has 86 valence electrons. The molecule has 0 unspecified atom stereocenters. The van der Waals surface area contributed by atoms with Gasteiger partial charge in [-0.3, -0.25) is 4.68 Å². The molecule has 0 saturated heterocycles. The highest BCUT2D eigenvalue weighted by molar-refractivity contribution is 5.21. The molecular formula is C12H23N3. The monoisotopic (exact) mass is 209 g/mol. The van der Waals surface area contributed by atoms with Crippen molar-refractivity contribution in [2.45, 2.75) is 46.1 Å². The Labute approximate surface area is 92.9 Å². The SMILES string of the molecule is CCn1ncc(CCCNC)c1C(C)C. The van der Waals surface area contributed by atoms with Crippen molar-refractivity contribution in [2.75, 3.05) is 13.6 Å². The van der Waals surface area contributed by atoms with E-state index in [0.29, 0.717) is 5.92 Å². The summed E-state index contributed by atoms with van der Waals surface area (Å²) in [5, 5.41) is 7.61. The van der Waals surface area contributed by atoms with Crippen LogP contribution in [0.5, 0.6) is 0 Å². The van der Waals surface area contributed by atoms with E-state index < -0.39 is 0 Å². The molecule has 1 heterocycles. The number of hydrogen-bond acceptors (Lipinski definition) is 2. The normalized spacial score (nSPS) is 11.3. The molecule has 0 amide bonds. The Balaban J connectivity index is 2.73. The molecule has 3 nitrogen and oxygen atoms in total. The number of rotatable bonds is 6. The first-order chi connectivity index (χ1) is 7.20. The van der Waals surface area contributed by atoms with Gasteiger partial charge in [0.05, 0.1) is 6.20 Å². The highest BCUT2D eigenvalue weighted by Gasteiger charge is 2.12. The van der Waals surface area contributed by atoms with Crippen molar-refractivity contribution in [3.8, 4) is 0 Å². The van der Waals surface area contributed by atoms with E-state index in [4.69, 9.17) is 0 Å². The molecule has 0 fully saturated rings. The van der Waals surface area contributed by atoms with Crippen LogP contribution in [0.4, 0.5) is 0 Å². The molecule has 0 bridgehead atoms. The van der Waals surface area contributed by atoms with Crippen LogP contribution in [0.2, 0.25) is 0 Å². The van der Waals surface area contributed by atoms with Gasteiger partial charge >= 0.3 is 0 Å². The number of hydrogen-bond donors (Lipinski definition) is 1. The van der Waals surface area contributed by atoms with Gasteiger partial charge in [0.25, 0.3) is 0 Å². The largest absolute Gasteiger partial charge is 0.320 e. The molecule has 0 radical (unpaired) electrons. The van der Waals surface area contributed by atoms with Crippen LogP contribution in [0, 0.1) is 0 Å². The molecular weight excluding hydrogens is 186 g/mol. The molecule has 0 aliphatic carbocycles. The quantitative estimate of drug-likeness (QED) is 0.728. The van der Waals surface area contributed by atoms with E-state index in [-0.39, 0.29) is 0 Å². The predicted octanol–water partition coefficient (Wildman–Crippen LogP) is 2.18. The average molecular weight is 209 g/mol. The molecule has 15 heavy (non-hydrogen) atoms. The van der Waals surface area contributed by atoms with Crippen LogP contribution < -0.4 is 5.32 Å². The van der Waals surface area contributed by atoms with E-state index in [9.17, 15) is 0 Å². The lowest BCUT2D eigenvalue weighted by molar-refractivity contribution is 0.593. The Hall–Kier alpha value is -0.830. The maximum Gasteiger partial charge on any atom is 0.0524 e. The Bertz CT molecular complexity index is 289. The second-order valence-electron chi connectivity index (χ2n) is 4.23. The van der Waals surface area contributed by atoms with Crippen LogP contribution in [0.3, 0.4) is 0 Å². The molecule has 0 spiro atoms. The minimum absolute atomic E-state index is 0.567. The highest BCUT2D eigenvalue weighted by Crippen LogP contribution is 2.20. The van der Waals surface area contributed by atoms with Gasteiger partial charge in [0.1, 0.15) is 0 Å². The van der Waals surface area contributed by atoms with Crippen LogP contribution >= 0.6 is 0 Å². The third kappa shape index (κ3) is 3.06. The lowest BCUT2D eigenvalue weighted by Crippen LogP contribution is -2.10. The molecule has 0 aliphatic rings. The van der Waals surface area contributed by atoms with Crippen LogP contribution in [0.1, 0.15) is 44.4 Å². The van der Waals surface area contributed by atoms with Crippen molar-refractivity contribution in [3.05, 3.63) is 17.5 Å². The summed E-state index contributed by atoms with van der Waals surface area (Å²) < 4.78 is 2.12. The molecule has 0 saturated carbocycles. The summed E-state index contributed by atoms with van der Waals surface area (Å²) in [5.41, 5.74) is 2.83. The fourth-order valence-electron chi connectivity index (χ4n) is 2.00. The van der Waals surface area contributed by atoms with Gasteiger partial charge in [0.15, 0.2) is 0 Å². The van der Waals surface area contributed by atoms with Crippen LogP contribution in [0.25, 0.3) is 0 Å². The lowest BCUT2D eigenvalue weighted by Gasteiger charge is -2.11. The number of aryl methyl sites for hydroxylation is 2. The molecule has 1 aromatic heterocycles. The zero-order valence-corrected chi connectivity index (χ0v) is 10.4. The minimum atomic E-state index is 0.567. The van der Waals surface area contributed by atoms with E-state index in [1.807, 2.05) is 13.2 Å². The van der Waals surface area contributed by atoms with Crippen LogP contribution in [0.15, 0.2) is 6.20 Å². The molecule has 1 rings (SSSR count). The van der Waals surface area contributed by atoms with Crippen molar-refractivity contribution in [3.63, 3.8) is 0 Å². The third-order valence-electron chi connectivity index (χ3n) is 2.68. The van der Waals surface area contributed by atoms with E-state index in [2.05, 4.69) is 35.9 Å². The fourth-order valence-corrected chi connectivity index (χ4v) is 2.00. The van der Waals surface area contributed by atoms with Gasteiger partial charge in [-0.1, -0.05) is 13.8 Å². The maximum absolute atomic E-state index is 4.43. The predicted molar refractivity (Wildman–Crippen MR) is 64.2 cm³/mol. The van der Waals surface area contributed by atoms with E-state index in [1.165, 1.54) is 17.7 Å². The van der Waals surface area contributed by atoms with E-state index >= 15 is 0 Å². The molecule has 0 aromatic carbocycles. The van der Waals surface area contributed by atoms with Gasteiger partial charge in [0.2, 0.25) is 0 Å². The standard InChI is InChI=1S/C12H23N3/c1-5-15-12(10(2)3)11(9-14-15)7-6-8-13-4/h9-10,13H,5-8H2,1-4H3. The maximum atomic E-state index is 4.43. The lowest BCUT2D eigenvalue weighted by atomic mass is 10.0. The molecule has 0 aliphatic heterocycles. The Morgan fingerprint density at radius 2 is 2.20 bits per heavy atom. The Kier molecular flexibility index (Phi) is 4.82. The summed E-state index contributed by atoms with van der Waals surface area (Å²) >= 11 is 0. The van der Waals surface area contributed by atoms with Gasteiger partial charge in [0, 0.05) is 12.2 Å². The Morgan fingerprint density at radius 1 is 1.47 bits per heavy atom. The van der Waals surface area contributed by atoms with Crippen molar-refractivity contribution >= 4 is 0 Å². The zero-order chi connectivity index (χ0) is 11.3. The number of aromatic nitrogens is 2. The number of nitrogens with one attached hydrogen (secondary N) is 1. The topological polar surface area (TPSA) is 29.9 Å². The highest BCUT2D eigenvalue weighted by atomic mass is 15.3. The molecule has 3 heteroatoms. The summed E-state index contributed by atoms with van der Waals surface area (Å²) in [6, 6.07) is 0. The second-order valence-corrected chi connectivity index (χ2v) is 4.23. The van der Waals surface area contributed by atoms with Gasteiger partial charge in [-0.15, -0.1) is 0 Å². The summed E-state index contributed by atoms with van der Waals surface area (Å²) in [5.74, 6) is 0.567. The van der Waals surface area contributed by atoms with Gasteiger partial charge in [-0.05, 0) is 44.8 Å². The molecule has 0 atom stereocenters. The van der Waals surface area contributed by atoms with Crippen molar-refractivity contribution in [1.82, 2.24) is 15.1 Å². The first kappa shape index (κ1) is 12.2. The minimum Gasteiger partial charge on any atom is -0.320 e. The summed E-state index contributed by atoms with van der Waals surface area (Å²) in [4.78, 5) is 0. The third-order valence-corrected chi connectivity index (χ3v) is 2.68. The van der Waals surface area contributed by atoms with Crippen LogP contribution in [-0.4, -0.2) is 23.4 Å². The summed E-state index contributed by atoms with van der Waals surface area (Å²) in [7, 11) is 2.00. The van der Waals surface area contributed by atoms with Crippen molar-refractivity contribution in [1.29, 1.82) is 0 Å². The molecule has 1 N–H and O–H groups in total. The van der Waals surface area contributed by atoms with Crippen LogP contribution in [-0.2, 0) is 13.0 Å². The van der Waals surface area contributed by atoms with Crippen molar-refractivity contribution in [2.24, 2.45) is 0 Å². The summed E-state index contributed by atoms with van der Waals surface area (Å²) in [6.07, 6.45) is 4.36. The molecule has 1 aromatic rings. The zero-order valence-electron chi connectivity index (χ0n) is 10.4. The second kappa shape index (κ2) is 5.91. The first-order valence-corrected chi connectivity index (χ1v) is 5.89. The first-order valence-electron chi connectivity index (χ1n) is 5.89. The van der Waals surface area contributed by atoms with E-state index in [1.54, 1.807) is 0 Å². The van der Waals surface area contributed by atoms with Crippen molar-refractivity contribution < 1.29 is 0 Å². The number of nitrogens with zero attached hydrogens (tertiary/aromatic N) is 2. The Morgan fingerprint density at radius 3 is 2.73 bits per heavy atom. The fraction of sp³-hybridized carbons (Fsp3) is 0.750. The van der Waals surface area contributed by atoms with Gasteiger partial charge in [-0.25, -0.2) is 0 Å². The van der Waals surface area contributed by atoms with Gasteiger partial charge < -0.3 is 5.32 Å². The summed E-state index contributed by atoms with van der Waals surface area (Å²) in [6.45, 7) is 8.68. The van der Waals surface area contributed by atoms with Gasteiger partial charge in [-0.2, -0.15) is 5.10 Å². The smallest absolute Gasteiger partial charge is 0.0524 e.